The van der Waals surface area contributed by atoms with Gasteiger partial charge in [-0.1, -0.05) is 12.1 Å². The number of phenolic OH excluding ortho intramolecular Hbond substituents is 1. The van der Waals surface area contributed by atoms with E-state index in [9.17, 15) is 9.90 Å². The molecule has 2 aromatic carbocycles. The number of aromatic hydroxyl groups is 1. The minimum Gasteiger partial charge on any atom is -0.507 e. The fourth-order valence-corrected chi connectivity index (χ4v) is 2.40. The van der Waals surface area contributed by atoms with Crippen LogP contribution in [0.15, 0.2) is 47.6 Å². The van der Waals surface area contributed by atoms with Crippen LogP contribution in [0.25, 0.3) is 10.9 Å². The molecule has 3 aromatic rings. The lowest BCUT2D eigenvalue weighted by atomic mass is 10.2. The number of hydrogen-bond acceptors (Lipinski definition) is 5. The summed E-state index contributed by atoms with van der Waals surface area (Å²) < 4.78 is 10.5. The Kier molecular flexibility index (Phi) is 4.56. The summed E-state index contributed by atoms with van der Waals surface area (Å²) in [5.74, 6) is 0.839. The predicted octanol–water partition coefficient (Wildman–Crippen LogP) is 2.65. The summed E-state index contributed by atoms with van der Waals surface area (Å²) in [5, 5.41) is 14.3. The fraction of sp³-hybridized carbons (Fsp3) is 0.111. The van der Waals surface area contributed by atoms with Crippen molar-refractivity contribution in [2.45, 2.75) is 0 Å². The average molecular weight is 339 g/mol. The zero-order valence-electron chi connectivity index (χ0n) is 13.7. The predicted molar refractivity (Wildman–Crippen MR) is 94.6 cm³/mol. The van der Waals surface area contributed by atoms with Crippen LogP contribution in [-0.2, 0) is 0 Å². The Hall–Kier alpha value is -3.48. The third-order valence-electron chi connectivity index (χ3n) is 3.68. The van der Waals surface area contributed by atoms with Gasteiger partial charge in [0.1, 0.15) is 11.4 Å². The molecule has 0 aliphatic heterocycles. The molecule has 0 radical (unpaired) electrons. The number of ether oxygens (including phenoxy) is 2. The summed E-state index contributed by atoms with van der Waals surface area (Å²) >= 11 is 0. The van der Waals surface area contributed by atoms with E-state index in [4.69, 9.17) is 9.47 Å². The highest BCUT2D eigenvalue weighted by molar-refractivity contribution is 5.99. The van der Waals surface area contributed by atoms with E-state index in [0.717, 1.165) is 10.9 Å². The highest BCUT2D eigenvalue weighted by Gasteiger charge is 2.12. The molecule has 1 heterocycles. The summed E-state index contributed by atoms with van der Waals surface area (Å²) in [5.41, 5.74) is 4.02. The molecular weight excluding hydrogens is 322 g/mol. The normalized spacial score (nSPS) is 11.0. The van der Waals surface area contributed by atoms with Crippen LogP contribution in [-0.4, -0.2) is 36.4 Å². The van der Waals surface area contributed by atoms with E-state index in [0.29, 0.717) is 22.8 Å². The second-order valence-corrected chi connectivity index (χ2v) is 5.24. The molecule has 0 saturated heterocycles. The van der Waals surface area contributed by atoms with Crippen molar-refractivity contribution < 1.29 is 19.4 Å². The highest BCUT2D eigenvalue weighted by Crippen LogP contribution is 2.32. The number of hydrogen-bond donors (Lipinski definition) is 3. The number of amides is 1. The lowest BCUT2D eigenvalue weighted by Crippen LogP contribution is -2.17. The number of benzene rings is 2. The zero-order valence-corrected chi connectivity index (χ0v) is 13.7. The summed E-state index contributed by atoms with van der Waals surface area (Å²) in [6, 6.07) is 11.9. The molecule has 0 spiro atoms. The second kappa shape index (κ2) is 6.96. The van der Waals surface area contributed by atoms with Gasteiger partial charge in [0.15, 0.2) is 11.5 Å². The number of rotatable bonds is 5. The summed E-state index contributed by atoms with van der Waals surface area (Å²) in [7, 11) is 3.10. The van der Waals surface area contributed by atoms with Crippen molar-refractivity contribution in [3.63, 3.8) is 0 Å². The van der Waals surface area contributed by atoms with Gasteiger partial charge in [-0.3, -0.25) is 4.79 Å². The van der Waals surface area contributed by atoms with Gasteiger partial charge in [0.25, 0.3) is 5.91 Å². The van der Waals surface area contributed by atoms with E-state index in [1.165, 1.54) is 6.21 Å². The molecule has 3 N–H and O–H groups in total. The van der Waals surface area contributed by atoms with Gasteiger partial charge in [-0.25, -0.2) is 5.43 Å². The largest absolute Gasteiger partial charge is 0.507 e. The molecule has 1 amide bonds. The topological polar surface area (TPSA) is 95.9 Å². The van der Waals surface area contributed by atoms with Crippen molar-refractivity contribution in [3.8, 4) is 17.2 Å². The Bertz CT molecular complexity index is 906. The molecule has 0 atom stereocenters. The third-order valence-corrected chi connectivity index (χ3v) is 3.68. The van der Waals surface area contributed by atoms with Gasteiger partial charge in [0.2, 0.25) is 0 Å². The van der Waals surface area contributed by atoms with Crippen molar-refractivity contribution in [3.05, 3.63) is 53.7 Å². The number of nitrogens with zero attached hydrogens (tertiary/aromatic N) is 1. The monoisotopic (exact) mass is 339 g/mol. The average Bonchev–Trinajstić information content (AvgIpc) is 3.05. The van der Waals surface area contributed by atoms with E-state index >= 15 is 0 Å². The first-order valence-corrected chi connectivity index (χ1v) is 7.48. The first-order chi connectivity index (χ1) is 12.1. The standard InChI is InChI=1S/C18H17N3O4/c1-24-16-8-12-7-14(20-13(12)9-17(16)25-2)18(23)21-19-10-11-5-3-4-6-15(11)22/h3-10,20,22H,1-2H3,(H,21,23)/b19-10+. The molecule has 25 heavy (non-hydrogen) atoms. The van der Waals surface area contributed by atoms with Crippen LogP contribution >= 0.6 is 0 Å². The number of aromatic amines is 1. The first kappa shape index (κ1) is 16.4. The Morgan fingerprint density at radius 2 is 1.88 bits per heavy atom. The quantitative estimate of drug-likeness (QED) is 0.492. The number of aromatic nitrogens is 1. The van der Waals surface area contributed by atoms with Crippen LogP contribution in [0, 0.1) is 0 Å². The number of hydrazone groups is 1. The van der Waals surface area contributed by atoms with Crippen molar-refractivity contribution in [2.24, 2.45) is 5.10 Å². The molecule has 0 saturated carbocycles. The van der Waals surface area contributed by atoms with E-state index in [-0.39, 0.29) is 5.75 Å². The van der Waals surface area contributed by atoms with Crippen LogP contribution < -0.4 is 14.9 Å². The van der Waals surface area contributed by atoms with Gasteiger partial charge in [-0.15, -0.1) is 0 Å². The highest BCUT2D eigenvalue weighted by atomic mass is 16.5. The number of fused-ring (bicyclic) bond motifs is 1. The van der Waals surface area contributed by atoms with Gasteiger partial charge in [-0.05, 0) is 24.3 Å². The Balaban J connectivity index is 1.79. The number of carbonyl (C=O) groups is 1. The number of carbonyl (C=O) groups excluding carboxylic acids is 1. The zero-order chi connectivity index (χ0) is 17.8. The summed E-state index contributed by atoms with van der Waals surface area (Å²) in [4.78, 5) is 15.2. The second-order valence-electron chi connectivity index (χ2n) is 5.24. The number of nitrogens with one attached hydrogen (secondary N) is 2. The SMILES string of the molecule is COc1cc2cc(C(=O)N/N=C/c3ccccc3O)[nH]c2cc1OC. The van der Waals surface area contributed by atoms with E-state index in [1.54, 1.807) is 56.7 Å². The Morgan fingerprint density at radius 3 is 2.60 bits per heavy atom. The van der Waals surface area contributed by atoms with Gasteiger partial charge in [-0.2, -0.15) is 5.10 Å². The summed E-state index contributed by atoms with van der Waals surface area (Å²) in [6.45, 7) is 0. The first-order valence-electron chi connectivity index (χ1n) is 7.48. The minimum atomic E-state index is -0.402. The van der Waals surface area contributed by atoms with Crippen molar-refractivity contribution in [1.29, 1.82) is 0 Å². The minimum absolute atomic E-state index is 0.0882. The van der Waals surface area contributed by atoms with Gasteiger partial charge in [0, 0.05) is 22.5 Å². The maximum Gasteiger partial charge on any atom is 0.287 e. The van der Waals surface area contributed by atoms with Crippen LogP contribution in [0.2, 0.25) is 0 Å². The number of H-pyrrole nitrogens is 1. The molecule has 0 bridgehead atoms. The fourth-order valence-electron chi connectivity index (χ4n) is 2.40. The van der Waals surface area contributed by atoms with E-state index in [2.05, 4.69) is 15.5 Å². The molecule has 7 nitrogen and oxygen atoms in total. The van der Waals surface area contributed by atoms with Crippen LogP contribution in [0.5, 0.6) is 17.2 Å². The number of para-hydroxylation sites is 1. The van der Waals surface area contributed by atoms with Crippen molar-refractivity contribution in [1.82, 2.24) is 10.4 Å². The van der Waals surface area contributed by atoms with E-state index in [1.807, 2.05) is 0 Å². The third kappa shape index (κ3) is 3.40. The Morgan fingerprint density at radius 1 is 1.16 bits per heavy atom. The maximum absolute atomic E-state index is 12.2. The van der Waals surface area contributed by atoms with Gasteiger partial charge >= 0.3 is 0 Å². The molecule has 0 aliphatic rings. The van der Waals surface area contributed by atoms with Gasteiger partial charge in [0.05, 0.1) is 20.4 Å². The molecule has 1 aromatic heterocycles. The van der Waals surface area contributed by atoms with E-state index < -0.39 is 5.91 Å². The van der Waals surface area contributed by atoms with Crippen LogP contribution in [0.3, 0.4) is 0 Å². The molecule has 0 fully saturated rings. The lowest BCUT2D eigenvalue weighted by molar-refractivity contribution is 0.0951. The van der Waals surface area contributed by atoms with Crippen molar-refractivity contribution in [2.75, 3.05) is 14.2 Å². The molecule has 3 rings (SSSR count). The molecular formula is C18H17N3O4. The van der Waals surface area contributed by atoms with Gasteiger partial charge < -0.3 is 19.6 Å². The maximum atomic E-state index is 12.2. The molecule has 7 heteroatoms. The van der Waals surface area contributed by atoms with Crippen LogP contribution in [0.4, 0.5) is 0 Å². The Labute approximate surface area is 143 Å². The molecule has 128 valence electrons. The summed E-state index contributed by atoms with van der Waals surface area (Å²) in [6.07, 6.45) is 1.38. The van der Waals surface area contributed by atoms with Crippen LogP contribution in [0.1, 0.15) is 16.1 Å². The lowest BCUT2D eigenvalue weighted by Gasteiger charge is -2.06. The molecule has 0 aliphatic carbocycles. The smallest absolute Gasteiger partial charge is 0.287 e. The molecule has 0 unspecified atom stereocenters. The van der Waals surface area contributed by atoms with Crippen molar-refractivity contribution >= 4 is 23.0 Å². The number of phenols is 1. The number of methoxy groups -OCH3 is 2.